The van der Waals surface area contributed by atoms with E-state index in [9.17, 15) is 8.42 Å². The molecule has 0 bridgehead atoms. The predicted octanol–water partition coefficient (Wildman–Crippen LogP) is 1.10. The molecule has 0 radical (unpaired) electrons. The van der Waals surface area contributed by atoms with E-state index in [1.54, 1.807) is 18.2 Å². The van der Waals surface area contributed by atoms with E-state index in [4.69, 9.17) is 4.74 Å². The lowest BCUT2D eigenvalue weighted by molar-refractivity contribution is 0.401. The molecule has 0 spiro atoms. The first-order valence-corrected chi connectivity index (χ1v) is 7.23. The zero-order valence-electron chi connectivity index (χ0n) is 11.1. The Labute approximate surface area is 109 Å². The molecule has 0 aliphatic rings. The number of ether oxygens (including phenoxy) is 1. The van der Waals surface area contributed by atoms with E-state index in [1.807, 2.05) is 0 Å². The average molecular weight is 272 g/mol. The van der Waals surface area contributed by atoms with E-state index >= 15 is 0 Å². The lowest BCUT2D eigenvalue weighted by Crippen LogP contribution is -2.22. The van der Waals surface area contributed by atoms with Gasteiger partial charge in [-0.3, -0.25) is 0 Å². The molecule has 0 heterocycles. The van der Waals surface area contributed by atoms with Crippen molar-refractivity contribution in [1.82, 2.24) is 10.0 Å². The van der Waals surface area contributed by atoms with Crippen LogP contribution in [-0.2, 0) is 16.6 Å². The van der Waals surface area contributed by atoms with E-state index in [0.29, 0.717) is 18.3 Å². The molecule has 6 heteroatoms. The van der Waals surface area contributed by atoms with Crippen LogP contribution in [0.15, 0.2) is 23.1 Å². The maximum atomic E-state index is 11.8. The molecule has 0 atom stereocenters. The van der Waals surface area contributed by atoms with E-state index in [2.05, 4.69) is 23.9 Å². The normalized spacial score (nSPS) is 11.8. The zero-order valence-corrected chi connectivity index (χ0v) is 12.0. The molecule has 0 aliphatic carbocycles. The van der Waals surface area contributed by atoms with Gasteiger partial charge in [0.25, 0.3) is 0 Å². The summed E-state index contributed by atoms with van der Waals surface area (Å²) in [6, 6.07) is 5.45. The minimum absolute atomic E-state index is 0.154. The number of hydrogen-bond acceptors (Lipinski definition) is 4. The van der Waals surface area contributed by atoms with Gasteiger partial charge < -0.3 is 10.1 Å². The fraction of sp³-hybridized carbons (Fsp3) is 0.500. The summed E-state index contributed by atoms with van der Waals surface area (Å²) in [5.74, 6) is 0.354. The Hall–Kier alpha value is -1.11. The molecule has 102 valence electrons. The molecule has 1 aromatic rings. The van der Waals surface area contributed by atoms with Crippen LogP contribution < -0.4 is 14.8 Å². The fourth-order valence-corrected chi connectivity index (χ4v) is 2.35. The van der Waals surface area contributed by atoms with Gasteiger partial charge in [0.15, 0.2) is 0 Å². The number of rotatable bonds is 6. The topological polar surface area (TPSA) is 67.4 Å². The summed E-state index contributed by atoms with van der Waals surface area (Å²) >= 11 is 0. The van der Waals surface area contributed by atoms with Gasteiger partial charge in [-0.25, -0.2) is 13.1 Å². The lowest BCUT2D eigenvalue weighted by atomic mass is 10.2. The maximum Gasteiger partial charge on any atom is 0.243 e. The largest absolute Gasteiger partial charge is 0.495 e. The maximum absolute atomic E-state index is 11.8. The summed E-state index contributed by atoms with van der Waals surface area (Å²) in [7, 11) is -0.644. The van der Waals surface area contributed by atoms with Crippen LogP contribution in [0.5, 0.6) is 5.75 Å². The van der Waals surface area contributed by atoms with Crippen LogP contribution in [0.3, 0.4) is 0 Å². The van der Waals surface area contributed by atoms with Crippen molar-refractivity contribution < 1.29 is 13.2 Å². The third-order valence-electron chi connectivity index (χ3n) is 2.50. The van der Waals surface area contributed by atoms with Gasteiger partial charge in [0.2, 0.25) is 10.0 Å². The van der Waals surface area contributed by atoms with Gasteiger partial charge in [0, 0.05) is 12.6 Å². The highest BCUT2D eigenvalue weighted by Crippen LogP contribution is 2.24. The highest BCUT2D eigenvalue weighted by Gasteiger charge is 2.17. The highest BCUT2D eigenvalue weighted by atomic mass is 32.2. The second-order valence-corrected chi connectivity index (χ2v) is 6.08. The van der Waals surface area contributed by atoms with Crippen molar-refractivity contribution in [3.8, 4) is 5.75 Å². The molecule has 0 aromatic heterocycles. The Morgan fingerprint density at radius 2 is 2.00 bits per heavy atom. The van der Waals surface area contributed by atoms with Crippen molar-refractivity contribution in [3.05, 3.63) is 23.8 Å². The Kier molecular flexibility index (Phi) is 5.13. The molecule has 0 unspecified atom stereocenters. The molecule has 18 heavy (non-hydrogen) atoms. The summed E-state index contributed by atoms with van der Waals surface area (Å²) < 4.78 is 30.9. The minimum atomic E-state index is -3.48. The van der Waals surface area contributed by atoms with Gasteiger partial charge in [-0.2, -0.15) is 0 Å². The van der Waals surface area contributed by atoms with Crippen LogP contribution in [0.4, 0.5) is 0 Å². The fourth-order valence-electron chi connectivity index (χ4n) is 1.48. The van der Waals surface area contributed by atoms with Gasteiger partial charge in [0.1, 0.15) is 10.6 Å². The molecule has 1 aromatic carbocycles. The Bertz CT molecular complexity index is 498. The predicted molar refractivity (Wildman–Crippen MR) is 71.2 cm³/mol. The van der Waals surface area contributed by atoms with E-state index < -0.39 is 10.0 Å². The van der Waals surface area contributed by atoms with Gasteiger partial charge in [-0.15, -0.1) is 0 Å². The van der Waals surface area contributed by atoms with Crippen molar-refractivity contribution in [2.24, 2.45) is 0 Å². The first kappa shape index (κ1) is 14.9. The molecule has 0 saturated carbocycles. The van der Waals surface area contributed by atoms with E-state index in [1.165, 1.54) is 14.2 Å². The number of benzene rings is 1. The van der Waals surface area contributed by atoms with Crippen LogP contribution in [-0.4, -0.2) is 28.6 Å². The first-order valence-electron chi connectivity index (χ1n) is 5.74. The average Bonchev–Trinajstić information content (AvgIpc) is 2.35. The van der Waals surface area contributed by atoms with E-state index in [0.717, 1.165) is 5.56 Å². The van der Waals surface area contributed by atoms with Gasteiger partial charge in [-0.1, -0.05) is 19.9 Å². The standard InChI is InChI=1S/C12H20N2O3S/c1-9(2)14-8-10-5-6-12(11(7-10)17-4)18(15,16)13-3/h5-7,9,13-14H,8H2,1-4H3. The number of nitrogens with one attached hydrogen (secondary N) is 2. The third kappa shape index (κ3) is 3.69. The Morgan fingerprint density at radius 1 is 1.33 bits per heavy atom. The Balaban J connectivity index is 3.04. The van der Waals surface area contributed by atoms with Crippen molar-refractivity contribution in [3.63, 3.8) is 0 Å². The molecular weight excluding hydrogens is 252 g/mol. The smallest absolute Gasteiger partial charge is 0.243 e. The van der Waals surface area contributed by atoms with Crippen molar-refractivity contribution >= 4 is 10.0 Å². The molecule has 0 fully saturated rings. The molecular formula is C12H20N2O3S. The number of sulfonamides is 1. The van der Waals surface area contributed by atoms with Gasteiger partial charge in [0.05, 0.1) is 7.11 Å². The molecule has 1 rings (SSSR count). The first-order chi connectivity index (χ1) is 8.40. The molecule has 0 amide bonds. The molecule has 0 saturated heterocycles. The SMILES string of the molecule is CNS(=O)(=O)c1ccc(CNC(C)C)cc1OC. The molecule has 5 nitrogen and oxygen atoms in total. The highest BCUT2D eigenvalue weighted by molar-refractivity contribution is 7.89. The van der Waals surface area contributed by atoms with E-state index in [-0.39, 0.29) is 4.90 Å². The summed E-state index contributed by atoms with van der Waals surface area (Å²) in [5.41, 5.74) is 0.982. The summed E-state index contributed by atoms with van der Waals surface area (Å²) in [6.45, 7) is 4.78. The van der Waals surface area contributed by atoms with Crippen LogP contribution in [0.1, 0.15) is 19.4 Å². The number of methoxy groups -OCH3 is 1. The monoisotopic (exact) mass is 272 g/mol. The Morgan fingerprint density at radius 3 is 2.50 bits per heavy atom. The third-order valence-corrected chi connectivity index (χ3v) is 3.95. The lowest BCUT2D eigenvalue weighted by Gasteiger charge is -2.12. The zero-order chi connectivity index (χ0) is 13.8. The van der Waals surface area contributed by atoms with Crippen LogP contribution in [0.25, 0.3) is 0 Å². The van der Waals surface area contributed by atoms with Gasteiger partial charge in [-0.05, 0) is 24.7 Å². The van der Waals surface area contributed by atoms with Gasteiger partial charge >= 0.3 is 0 Å². The number of hydrogen-bond donors (Lipinski definition) is 2. The summed E-state index contributed by atoms with van der Waals surface area (Å²) in [4.78, 5) is 0.154. The van der Waals surface area contributed by atoms with Crippen molar-refractivity contribution in [2.75, 3.05) is 14.2 Å². The quantitative estimate of drug-likeness (QED) is 0.814. The minimum Gasteiger partial charge on any atom is -0.495 e. The van der Waals surface area contributed by atoms with Crippen LogP contribution >= 0.6 is 0 Å². The van der Waals surface area contributed by atoms with Crippen molar-refractivity contribution in [1.29, 1.82) is 0 Å². The summed E-state index contributed by atoms with van der Waals surface area (Å²) in [6.07, 6.45) is 0. The molecule has 0 aliphatic heterocycles. The second kappa shape index (κ2) is 6.17. The van der Waals surface area contributed by atoms with Crippen molar-refractivity contribution in [2.45, 2.75) is 31.3 Å². The summed E-state index contributed by atoms with van der Waals surface area (Å²) in [5, 5.41) is 3.26. The van der Waals surface area contributed by atoms with Crippen LogP contribution in [0, 0.1) is 0 Å². The second-order valence-electron chi connectivity index (χ2n) is 4.23. The van der Waals surface area contributed by atoms with Crippen LogP contribution in [0.2, 0.25) is 0 Å². The molecule has 2 N–H and O–H groups in total.